The van der Waals surface area contributed by atoms with Crippen LogP contribution in [0.1, 0.15) is 13.3 Å². The van der Waals surface area contributed by atoms with Crippen LogP contribution in [0.5, 0.6) is 0 Å². The minimum Gasteiger partial charge on any atom is -0.267 e. The van der Waals surface area contributed by atoms with E-state index >= 15 is 0 Å². The predicted molar refractivity (Wildman–Crippen MR) is 36.2 cm³/mol. The second-order valence-electron chi connectivity index (χ2n) is 2.19. The van der Waals surface area contributed by atoms with Crippen molar-refractivity contribution in [2.45, 2.75) is 13.3 Å². The molecule has 0 saturated heterocycles. The Kier molecular flexibility index (Phi) is 1.72. The van der Waals surface area contributed by atoms with E-state index in [1.807, 2.05) is 13.1 Å². The van der Waals surface area contributed by atoms with Gasteiger partial charge in [-0.25, -0.2) is 0 Å². The lowest BCUT2D eigenvalue weighted by molar-refractivity contribution is 0.750. The van der Waals surface area contributed by atoms with Gasteiger partial charge in [-0.1, -0.05) is 6.92 Å². The summed E-state index contributed by atoms with van der Waals surface area (Å²) in [4.78, 5) is 13.7. The van der Waals surface area contributed by atoms with Gasteiger partial charge in [0.15, 0.2) is 0 Å². The van der Waals surface area contributed by atoms with Crippen LogP contribution < -0.4 is 0 Å². The van der Waals surface area contributed by atoms with Crippen LogP contribution in [0, 0.1) is 10.8 Å². The van der Waals surface area contributed by atoms with Crippen molar-refractivity contribution in [2.24, 2.45) is 16.1 Å². The summed E-state index contributed by atoms with van der Waals surface area (Å²) in [5, 5.41) is 2.80. The first-order chi connectivity index (χ1) is 4.33. The lowest BCUT2D eigenvalue weighted by atomic mass is 10.1. The van der Waals surface area contributed by atoms with Gasteiger partial charge in [0.25, 0.3) is 0 Å². The zero-order chi connectivity index (χ0) is 6.69. The van der Waals surface area contributed by atoms with E-state index in [2.05, 4.69) is 10.2 Å². The monoisotopic (exact) mass is 124 g/mol. The normalized spacial score (nSPS) is 25.4. The number of aliphatic imine (C=N–C) groups is 1. The summed E-state index contributed by atoms with van der Waals surface area (Å²) in [6.07, 6.45) is 4.05. The Morgan fingerprint density at radius 2 is 2.67 bits per heavy atom. The molecule has 48 valence electrons. The molecule has 3 heteroatoms. The molecule has 0 fully saturated rings. The maximum absolute atomic E-state index is 9.91. The molecule has 0 radical (unpaired) electrons. The largest absolute Gasteiger partial charge is 0.267 e. The molecule has 1 aliphatic rings. The molecule has 9 heavy (non-hydrogen) atoms. The van der Waals surface area contributed by atoms with Crippen LogP contribution in [0.2, 0.25) is 0 Å². The van der Waals surface area contributed by atoms with E-state index in [9.17, 15) is 4.91 Å². The van der Waals surface area contributed by atoms with E-state index in [-0.39, 0.29) is 0 Å². The molecule has 0 saturated carbocycles. The summed E-state index contributed by atoms with van der Waals surface area (Å²) < 4.78 is 0. The van der Waals surface area contributed by atoms with Crippen LogP contribution in [-0.2, 0) is 0 Å². The minimum atomic E-state index is 0.364. The Hall–Kier alpha value is -0.990. The molecule has 0 N–H and O–H groups in total. The van der Waals surface area contributed by atoms with Crippen molar-refractivity contribution in [3.63, 3.8) is 0 Å². The molecular weight excluding hydrogens is 116 g/mol. The van der Waals surface area contributed by atoms with Gasteiger partial charge in [0.2, 0.25) is 0 Å². The first-order valence-electron chi connectivity index (χ1n) is 2.88. The van der Waals surface area contributed by atoms with Crippen LogP contribution in [0.15, 0.2) is 22.1 Å². The van der Waals surface area contributed by atoms with E-state index in [0.29, 0.717) is 11.6 Å². The average molecular weight is 124 g/mol. The molecule has 1 aliphatic heterocycles. The van der Waals surface area contributed by atoms with E-state index in [4.69, 9.17) is 0 Å². The van der Waals surface area contributed by atoms with Crippen molar-refractivity contribution in [2.75, 3.05) is 0 Å². The minimum absolute atomic E-state index is 0.364. The van der Waals surface area contributed by atoms with Gasteiger partial charge in [0.1, 0.15) is 5.70 Å². The van der Waals surface area contributed by atoms with Crippen molar-refractivity contribution in [3.8, 4) is 0 Å². The summed E-state index contributed by atoms with van der Waals surface area (Å²) in [7, 11) is 0. The van der Waals surface area contributed by atoms with Gasteiger partial charge in [0.05, 0.1) is 6.20 Å². The molecule has 0 aromatic carbocycles. The number of hydrogen-bond donors (Lipinski definition) is 0. The molecule has 1 atom stereocenters. The predicted octanol–water partition coefficient (Wildman–Crippen LogP) is 1.70. The second-order valence-corrected chi connectivity index (χ2v) is 2.19. The number of hydrogen-bond acceptors (Lipinski definition) is 3. The van der Waals surface area contributed by atoms with Crippen LogP contribution in [0.25, 0.3) is 0 Å². The Labute approximate surface area is 53.5 Å². The van der Waals surface area contributed by atoms with E-state index < -0.39 is 0 Å². The van der Waals surface area contributed by atoms with Gasteiger partial charge in [-0.15, -0.1) is 4.91 Å². The van der Waals surface area contributed by atoms with Crippen molar-refractivity contribution < 1.29 is 0 Å². The highest BCUT2D eigenvalue weighted by Gasteiger charge is 2.06. The first-order valence-corrected chi connectivity index (χ1v) is 2.88. The van der Waals surface area contributed by atoms with Crippen molar-refractivity contribution in [1.29, 1.82) is 0 Å². The number of nitrogens with zero attached hydrogens (tertiary/aromatic N) is 2. The lowest BCUT2D eigenvalue weighted by Crippen LogP contribution is -2.00. The third kappa shape index (κ3) is 1.45. The van der Waals surface area contributed by atoms with Crippen molar-refractivity contribution >= 4 is 6.21 Å². The van der Waals surface area contributed by atoms with Gasteiger partial charge in [-0.2, -0.15) is 0 Å². The molecule has 0 aromatic heterocycles. The molecule has 1 rings (SSSR count). The number of rotatable bonds is 1. The van der Waals surface area contributed by atoms with Crippen molar-refractivity contribution in [3.05, 3.63) is 16.8 Å². The molecule has 1 unspecified atom stereocenters. The Morgan fingerprint density at radius 3 is 3.11 bits per heavy atom. The number of allylic oxidation sites excluding steroid dienone is 1. The summed E-state index contributed by atoms with van der Waals surface area (Å²) in [6.45, 7) is 2.00. The molecule has 0 amide bonds. The van der Waals surface area contributed by atoms with Gasteiger partial charge < -0.3 is 0 Å². The highest BCUT2D eigenvalue weighted by atomic mass is 16.3. The second kappa shape index (κ2) is 2.53. The molecule has 1 heterocycles. The van der Waals surface area contributed by atoms with E-state index in [1.54, 1.807) is 0 Å². The highest BCUT2D eigenvalue weighted by molar-refractivity contribution is 5.63. The summed E-state index contributed by atoms with van der Waals surface area (Å²) in [6, 6.07) is 0. The third-order valence-corrected chi connectivity index (χ3v) is 1.21. The SMILES string of the molecule is CC1C=NC=C(N=O)C1. The Bertz CT molecular complexity index is 172. The maximum Gasteiger partial charge on any atom is 0.104 e. The first kappa shape index (κ1) is 6.13. The third-order valence-electron chi connectivity index (χ3n) is 1.21. The lowest BCUT2D eigenvalue weighted by Gasteiger charge is -2.05. The van der Waals surface area contributed by atoms with Crippen LogP contribution in [0.3, 0.4) is 0 Å². The zero-order valence-corrected chi connectivity index (χ0v) is 5.24. The molecule has 3 nitrogen and oxygen atoms in total. The maximum atomic E-state index is 9.91. The molecule has 0 bridgehead atoms. The number of nitroso groups, excluding NO2 is 1. The highest BCUT2D eigenvalue weighted by Crippen LogP contribution is 2.14. The zero-order valence-electron chi connectivity index (χ0n) is 5.24. The molecule has 0 spiro atoms. The Morgan fingerprint density at radius 1 is 1.89 bits per heavy atom. The van der Waals surface area contributed by atoms with E-state index in [0.717, 1.165) is 6.42 Å². The summed E-state index contributed by atoms with van der Waals surface area (Å²) >= 11 is 0. The Balaban J connectivity index is 2.65. The molecule has 0 aliphatic carbocycles. The fourth-order valence-corrected chi connectivity index (χ4v) is 0.772. The van der Waals surface area contributed by atoms with Gasteiger partial charge in [0, 0.05) is 12.6 Å². The summed E-state index contributed by atoms with van der Waals surface area (Å²) in [5.74, 6) is 0.364. The quantitative estimate of drug-likeness (QED) is 0.490. The van der Waals surface area contributed by atoms with E-state index in [1.165, 1.54) is 6.20 Å². The smallest absolute Gasteiger partial charge is 0.104 e. The van der Waals surface area contributed by atoms with Gasteiger partial charge in [-0.3, -0.25) is 4.99 Å². The van der Waals surface area contributed by atoms with Crippen LogP contribution in [-0.4, -0.2) is 6.21 Å². The van der Waals surface area contributed by atoms with Gasteiger partial charge >= 0.3 is 0 Å². The summed E-state index contributed by atoms with van der Waals surface area (Å²) in [5.41, 5.74) is 0.546. The average Bonchev–Trinajstić information content (AvgIpc) is 1.88. The molecular formula is C6H8N2O. The fraction of sp³-hybridized carbons (Fsp3) is 0.500. The standard InChI is InChI=1S/C6H8N2O/c1-5-2-6(8-9)4-7-3-5/h3-5H,2H2,1H3. The van der Waals surface area contributed by atoms with Crippen LogP contribution >= 0.6 is 0 Å². The topological polar surface area (TPSA) is 41.8 Å². The fourth-order valence-electron chi connectivity index (χ4n) is 0.772. The molecule has 0 aromatic rings. The van der Waals surface area contributed by atoms with Gasteiger partial charge in [-0.05, 0) is 11.1 Å². The van der Waals surface area contributed by atoms with Crippen LogP contribution in [0.4, 0.5) is 0 Å². The van der Waals surface area contributed by atoms with Crippen molar-refractivity contribution in [1.82, 2.24) is 0 Å².